The number of aliphatic hydroxyl groups is 2. The normalized spacial score (nSPS) is 25.1. The predicted molar refractivity (Wildman–Crippen MR) is 156 cm³/mol. The van der Waals surface area contributed by atoms with Crippen LogP contribution in [-0.2, 0) is 33.4 Å². The van der Waals surface area contributed by atoms with Crippen LogP contribution in [0.1, 0.15) is 36.7 Å². The van der Waals surface area contributed by atoms with E-state index in [0.717, 1.165) is 24.8 Å². The summed E-state index contributed by atoms with van der Waals surface area (Å²) in [5.74, 6) is -3.95. The first-order chi connectivity index (χ1) is 21.3. The number of carbonyl (C=O) groups is 5. The number of hydrogen-bond acceptors (Lipinski definition) is 12. The summed E-state index contributed by atoms with van der Waals surface area (Å²) in [5, 5.41) is 26.2. The van der Waals surface area contributed by atoms with Crippen LogP contribution in [0.15, 0.2) is 53.7 Å². The molecule has 14 nitrogen and oxygen atoms in total. The molecule has 2 aromatic rings. The van der Waals surface area contributed by atoms with Gasteiger partial charge in [0.15, 0.2) is 11.9 Å². The number of aryl methyl sites for hydroxylation is 1. The molecule has 3 aliphatic heterocycles. The molecule has 0 spiro atoms. The van der Waals surface area contributed by atoms with Crippen molar-refractivity contribution in [2.75, 3.05) is 20.3 Å². The lowest BCUT2D eigenvalue weighted by Gasteiger charge is -2.25. The fourth-order valence-corrected chi connectivity index (χ4v) is 5.35. The minimum absolute atomic E-state index is 0.0319. The fraction of sp³-hybridized carbons (Fsp3) is 0.387. The summed E-state index contributed by atoms with van der Waals surface area (Å²) < 4.78 is 21.9. The summed E-state index contributed by atoms with van der Waals surface area (Å²) in [6, 6.07) is 8.16. The van der Waals surface area contributed by atoms with Crippen molar-refractivity contribution in [3.8, 4) is 5.75 Å². The topological polar surface area (TPSA) is 193 Å². The van der Waals surface area contributed by atoms with E-state index >= 15 is 0 Å². The van der Waals surface area contributed by atoms with E-state index in [-0.39, 0.29) is 24.4 Å². The molecular weight excluding hydrogens is 590 g/mol. The SMILES string of the molecule is COc1cc(C(=O)O[C@H](C(=O)N/C(C(=O)N/C(=C/O)C(C)=O)=C2\[C@@H](OC(C)=O)[C@H](O)[C@@H]3CN23)[C@]2(C)CO2)c2cccc(C)c2c1. The monoisotopic (exact) mass is 623 g/mol. The number of esters is 2. The van der Waals surface area contributed by atoms with Gasteiger partial charge in [-0.15, -0.1) is 0 Å². The van der Waals surface area contributed by atoms with Gasteiger partial charge in [0.2, 0.25) is 6.10 Å². The van der Waals surface area contributed by atoms with E-state index in [1.807, 2.05) is 13.0 Å². The molecule has 2 amide bonds. The number of Topliss-reactive ketones (excluding diaryl/α,β-unsaturated/α-hetero) is 1. The maximum Gasteiger partial charge on any atom is 0.339 e. The maximum absolute atomic E-state index is 13.9. The van der Waals surface area contributed by atoms with Crippen LogP contribution in [0.4, 0.5) is 0 Å². The van der Waals surface area contributed by atoms with Gasteiger partial charge in [0, 0.05) is 20.4 Å². The Morgan fingerprint density at radius 2 is 1.84 bits per heavy atom. The Morgan fingerprint density at radius 1 is 1.13 bits per heavy atom. The van der Waals surface area contributed by atoms with Crippen molar-refractivity contribution in [2.24, 2.45) is 0 Å². The van der Waals surface area contributed by atoms with Crippen LogP contribution in [0.3, 0.4) is 0 Å². The Kier molecular flexibility index (Phi) is 8.29. The lowest BCUT2D eigenvalue weighted by atomic mass is 9.99. The molecule has 2 aromatic carbocycles. The molecule has 3 fully saturated rings. The van der Waals surface area contributed by atoms with Gasteiger partial charge >= 0.3 is 11.9 Å². The van der Waals surface area contributed by atoms with E-state index in [2.05, 4.69) is 10.6 Å². The first kappa shape index (κ1) is 31.5. The third-order valence-corrected chi connectivity index (χ3v) is 7.98. The molecule has 3 heterocycles. The van der Waals surface area contributed by atoms with Gasteiger partial charge in [-0.05, 0) is 42.3 Å². The van der Waals surface area contributed by atoms with Crippen molar-refractivity contribution >= 4 is 40.3 Å². The largest absolute Gasteiger partial charge is 0.513 e. The molecule has 0 radical (unpaired) electrons. The molecule has 45 heavy (non-hydrogen) atoms. The second kappa shape index (κ2) is 11.9. The van der Waals surface area contributed by atoms with Crippen molar-refractivity contribution in [1.29, 1.82) is 0 Å². The first-order valence-corrected chi connectivity index (χ1v) is 14.1. The van der Waals surface area contributed by atoms with E-state index in [0.29, 0.717) is 17.4 Å². The standard InChI is InChI=1S/C31H33N3O11/c1-14-7-6-8-18-19(14)9-17(42-5)10-20(18)30(41)45-27(31(4)13-43-31)29(40)33-23(28(39)32-21(12-35)15(2)36)24-26(44-16(3)37)25(38)22-11-34(22)24/h6-10,12,22,25-27,35,38H,11,13H2,1-5H3,(H,32,39)(H,33,40)/b21-12+,24-23+/t22-,25+,26+,27+,31-,34?/m0/s1. The molecule has 0 aromatic heterocycles. The van der Waals surface area contributed by atoms with Crippen molar-refractivity contribution in [3.63, 3.8) is 0 Å². The number of nitrogens with zero attached hydrogens (tertiary/aromatic N) is 1. The van der Waals surface area contributed by atoms with Crippen LogP contribution >= 0.6 is 0 Å². The van der Waals surface area contributed by atoms with Crippen molar-refractivity contribution in [1.82, 2.24) is 15.5 Å². The number of fused-ring (bicyclic) bond motifs is 2. The number of hydrogen-bond donors (Lipinski definition) is 4. The van der Waals surface area contributed by atoms with E-state index in [9.17, 15) is 34.2 Å². The minimum Gasteiger partial charge on any atom is -0.513 e. The molecule has 0 saturated carbocycles. The number of methoxy groups -OCH3 is 1. The zero-order valence-corrected chi connectivity index (χ0v) is 25.2. The van der Waals surface area contributed by atoms with Gasteiger partial charge in [-0.2, -0.15) is 0 Å². The Labute approximate surface area is 257 Å². The zero-order chi connectivity index (χ0) is 32.8. The number of rotatable bonds is 10. The molecule has 5 atom stereocenters. The number of ketones is 1. The third-order valence-electron chi connectivity index (χ3n) is 7.98. The van der Waals surface area contributed by atoms with Crippen LogP contribution in [-0.4, -0.2) is 94.9 Å². The quantitative estimate of drug-likeness (QED) is 0.127. The van der Waals surface area contributed by atoms with Crippen molar-refractivity contribution < 1.29 is 53.1 Å². The summed E-state index contributed by atoms with van der Waals surface area (Å²) >= 11 is 0. The highest BCUT2D eigenvalue weighted by molar-refractivity contribution is 6.08. The molecule has 0 aliphatic carbocycles. The fourth-order valence-electron chi connectivity index (χ4n) is 5.35. The second-order valence-corrected chi connectivity index (χ2v) is 11.3. The van der Waals surface area contributed by atoms with E-state index in [1.54, 1.807) is 30.0 Å². The Balaban J connectivity index is 1.51. The van der Waals surface area contributed by atoms with Crippen LogP contribution in [0, 0.1) is 6.92 Å². The number of epoxide rings is 1. The Bertz CT molecular complexity index is 1680. The molecular formula is C31H33N3O11. The Morgan fingerprint density at radius 3 is 2.44 bits per heavy atom. The number of benzene rings is 2. The number of amides is 2. The second-order valence-electron chi connectivity index (χ2n) is 11.3. The van der Waals surface area contributed by atoms with Gasteiger partial charge in [0.1, 0.15) is 35.1 Å². The molecule has 238 valence electrons. The summed E-state index contributed by atoms with van der Waals surface area (Å²) in [6.07, 6.45) is -3.74. The highest BCUT2D eigenvalue weighted by Crippen LogP contribution is 2.42. The molecule has 5 rings (SSSR count). The third kappa shape index (κ3) is 6.06. The van der Waals surface area contributed by atoms with E-state index in [1.165, 1.54) is 13.2 Å². The van der Waals surface area contributed by atoms with E-state index < -0.39 is 70.9 Å². The summed E-state index contributed by atoms with van der Waals surface area (Å²) in [5.41, 5.74) is -1.25. The van der Waals surface area contributed by atoms with Crippen LogP contribution < -0.4 is 15.4 Å². The van der Waals surface area contributed by atoms with Gasteiger partial charge in [0.05, 0.1) is 31.0 Å². The summed E-state index contributed by atoms with van der Waals surface area (Å²) in [4.78, 5) is 66.4. The van der Waals surface area contributed by atoms with Crippen LogP contribution in [0.5, 0.6) is 5.75 Å². The molecule has 3 aliphatic rings. The number of piperidine rings is 1. The van der Waals surface area contributed by atoms with Crippen LogP contribution in [0.25, 0.3) is 10.8 Å². The number of ether oxygens (including phenoxy) is 4. The van der Waals surface area contributed by atoms with Crippen molar-refractivity contribution in [2.45, 2.75) is 57.6 Å². The maximum atomic E-state index is 13.9. The number of aliphatic hydroxyl groups excluding tert-OH is 2. The highest BCUT2D eigenvalue weighted by atomic mass is 16.6. The number of carbonyl (C=O) groups excluding carboxylic acids is 5. The van der Waals surface area contributed by atoms with Crippen LogP contribution in [0.2, 0.25) is 0 Å². The smallest absolute Gasteiger partial charge is 0.339 e. The Hall–Kier alpha value is -4.95. The van der Waals surface area contributed by atoms with Gasteiger partial charge in [0.25, 0.3) is 11.8 Å². The van der Waals surface area contributed by atoms with Gasteiger partial charge in [-0.1, -0.05) is 18.2 Å². The average molecular weight is 624 g/mol. The molecule has 4 N–H and O–H groups in total. The predicted octanol–water partition coefficient (Wildman–Crippen LogP) is 0.894. The molecule has 0 bridgehead atoms. The first-order valence-electron chi connectivity index (χ1n) is 14.1. The molecule has 14 heteroatoms. The van der Waals surface area contributed by atoms with Gasteiger partial charge in [-0.25, -0.2) is 4.79 Å². The lowest BCUT2D eigenvalue weighted by molar-refractivity contribution is -0.148. The zero-order valence-electron chi connectivity index (χ0n) is 25.2. The lowest BCUT2D eigenvalue weighted by Crippen LogP contribution is -2.49. The number of allylic oxidation sites excluding steroid dienone is 1. The van der Waals surface area contributed by atoms with Gasteiger partial charge in [-0.3, -0.25) is 19.2 Å². The van der Waals surface area contributed by atoms with Gasteiger partial charge < -0.3 is 44.7 Å². The van der Waals surface area contributed by atoms with E-state index in [4.69, 9.17) is 18.9 Å². The average Bonchev–Trinajstić information content (AvgIpc) is 3.92. The van der Waals surface area contributed by atoms with Crippen molar-refractivity contribution in [3.05, 3.63) is 64.8 Å². The summed E-state index contributed by atoms with van der Waals surface area (Å²) in [6.45, 7) is 5.99. The summed E-state index contributed by atoms with van der Waals surface area (Å²) in [7, 11) is 1.46. The molecule has 0 unspecified atom stereocenters. The highest BCUT2D eigenvalue weighted by Gasteiger charge is 2.59. The molecule has 3 saturated heterocycles. The minimum atomic E-state index is -1.58. The number of nitrogens with one attached hydrogen (secondary N) is 2.